The van der Waals surface area contributed by atoms with Crippen molar-refractivity contribution in [1.82, 2.24) is 25.3 Å². The quantitative estimate of drug-likeness (QED) is 0.135. The molecule has 4 amide bonds. The Morgan fingerprint density at radius 1 is 0.882 bits per heavy atom. The van der Waals surface area contributed by atoms with Crippen LogP contribution in [0.5, 0.6) is 0 Å². The lowest BCUT2D eigenvalue weighted by molar-refractivity contribution is -0.136. The van der Waals surface area contributed by atoms with E-state index < -0.39 is 23.8 Å². The monoisotopic (exact) mass is 701 g/mol. The Hall–Kier alpha value is -4.17. The van der Waals surface area contributed by atoms with E-state index in [0.29, 0.717) is 23.7 Å². The van der Waals surface area contributed by atoms with E-state index in [0.717, 1.165) is 131 Å². The zero-order chi connectivity index (χ0) is 35.7. The summed E-state index contributed by atoms with van der Waals surface area (Å²) in [6.07, 6.45) is 6.49. The summed E-state index contributed by atoms with van der Waals surface area (Å²) in [7, 11) is 1.88. The number of anilines is 2. The van der Waals surface area contributed by atoms with Gasteiger partial charge >= 0.3 is 0 Å². The molecule has 0 spiro atoms. The molecule has 3 fully saturated rings. The van der Waals surface area contributed by atoms with Crippen molar-refractivity contribution in [2.24, 2.45) is 0 Å². The predicted octanol–water partition coefficient (Wildman–Crippen LogP) is 2.51. The van der Waals surface area contributed by atoms with E-state index in [-0.39, 0.29) is 18.7 Å². The molecule has 4 heterocycles. The molecule has 0 aromatic heterocycles. The van der Waals surface area contributed by atoms with Gasteiger partial charge in [0, 0.05) is 88.4 Å². The molecule has 0 aliphatic carbocycles. The lowest BCUT2D eigenvalue weighted by atomic mass is 10.0. The third-order valence-corrected chi connectivity index (χ3v) is 10.7. The molecule has 13 heteroatoms. The number of benzene rings is 2. The molecular weight excluding hydrogens is 650 g/mol. The molecule has 2 aromatic carbocycles. The van der Waals surface area contributed by atoms with E-state index in [1.807, 2.05) is 31.3 Å². The first-order valence-corrected chi connectivity index (χ1v) is 18.5. The fourth-order valence-electron chi connectivity index (χ4n) is 7.80. The maximum absolute atomic E-state index is 13.3. The summed E-state index contributed by atoms with van der Waals surface area (Å²) in [6.45, 7) is 9.82. The molecule has 13 nitrogen and oxygen atoms in total. The SMILES string of the molecule is CNCc1cccc(NCCCCOCCCN2CCC(N3CCN(c4ccc5c(c4)C(=O)N(C4CCC(=O)NC4=O)C5=O)CC3)CC2)c1C=O. The summed E-state index contributed by atoms with van der Waals surface area (Å²) >= 11 is 0. The molecule has 0 radical (unpaired) electrons. The second-order valence-electron chi connectivity index (χ2n) is 13.9. The molecule has 3 N–H and O–H groups in total. The summed E-state index contributed by atoms with van der Waals surface area (Å²) in [4.78, 5) is 70.3. The van der Waals surface area contributed by atoms with Gasteiger partial charge in [-0.2, -0.15) is 0 Å². The Labute approximate surface area is 300 Å². The summed E-state index contributed by atoms with van der Waals surface area (Å²) in [5.41, 5.74) is 4.17. The Bertz CT molecular complexity index is 1580. The largest absolute Gasteiger partial charge is 0.384 e. The number of fused-ring (bicyclic) bond motifs is 1. The number of likely N-dealkylation sites (tertiary alicyclic amines) is 1. The number of aldehydes is 1. The van der Waals surface area contributed by atoms with Gasteiger partial charge in [0.15, 0.2) is 6.29 Å². The van der Waals surface area contributed by atoms with E-state index in [1.165, 1.54) is 0 Å². The molecule has 274 valence electrons. The number of carbonyl (C=O) groups excluding carboxylic acids is 5. The second-order valence-corrected chi connectivity index (χ2v) is 13.9. The van der Waals surface area contributed by atoms with Gasteiger partial charge in [-0.25, -0.2) is 0 Å². The van der Waals surface area contributed by atoms with E-state index in [4.69, 9.17) is 4.74 Å². The highest BCUT2D eigenvalue weighted by Gasteiger charge is 2.45. The van der Waals surface area contributed by atoms with Crippen LogP contribution in [0.1, 0.15) is 81.6 Å². The molecular formula is C38H51N7O6. The van der Waals surface area contributed by atoms with Gasteiger partial charge in [0.2, 0.25) is 11.8 Å². The van der Waals surface area contributed by atoms with Crippen molar-refractivity contribution in [3.8, 4) is 0 Å². The van der Waals surface area contributed by atoms with Crippen LogP contribution in [0, 0.1) is 0 Å². The topological polar surface area (TPSA) is 144 Å². The van der Waals surface area contributed by atoms with Crippen LogP contribution in [0.4, 0.5) is 11.4 Å². The van der Waals surface area contributed by atoms with Crippen LogP contribution in [0.2, 0.25) is 0 Å². The first kappa shape index (κ1) is 36.6. The van der Waals surface area contributed by atoms with Gasteiger partial charge in [-0.05, 0) is 88.5 Å². The molecule has 4 aliphatic heterocycles. The first-order chi connectivity index (χ1) is 24.9. The van der Waals surface area contributed by atoms with Gasteiger partial charge < -0.3 is 25.2 Å². The number of nitrogens with one attached hydrogen (secondary N) is 3. The van der Waals surface area contributed by atoms with Crippen molar-refractivity contribution in [2.45, 2.75) is 63.6 Å². The number of piperidine rings is 2. The molecule has 1 unspecified atom stereocenters. The maximum atomic E-state index is 13.3. The highest BCUT2D eigenvalue weighted by atomic mass is 16.5. The van der Waals surface area contributed by atoms with Gasteiger partial charge in [0.1, 0.15) is 6.04 Å². The minimum Gasteiger partial charge on any atom is -0.384 e. The van der Waals surface area contributed by atoms with Crippen LogP contribution in [0.3, 0.4) is 0 Å². The van der Waals surface area contributed by atoms with Gasteiger partial charge in [0.25, 0.3) is 11.8 Å². The Morgan fingerprint density at radius 3 is 2.39 bits per heavy atom. The third-order valence-electron chi connectivity index (χ3n) is 10.7. The van der Waals surface area contributed by atoms with E-state index >= 15 is 0 Å². The number of amides is 4. The Kier molecular flexibility index (Phi) is 12.5. The van der Waals surface area contributed by atoms with Crippen molar-refractivity contribution >= 4 is 41.3 Å². The molecule has 51 heavy (non-hydrogen) atoms. The summed E-state index contributed by atoms with van der Waals surface area (Å²) in [6, 6.07) is 10.9. The first-order valence-electron chi connectivity index (χ1n) is 18.5. The third kappa shape index (κ3) is 8.66. The Morgan fingerprint density at radius 2 is 1.65 bits per heavy atom. The summed E-state index contributed by atoms with van der Waals surface area (Å²) in [5.74, 6) is -1.92. The van der Waals surface area contributed by atoms with Crippen molar-refractivity contribution in [2.75, 3.05) is 82.8 Å². The van der Waals surface area contributed by atoms with Crippen molar-refractivity contribution in [3.05, 3.63) is 58.7 Å². The molecule has 3 saturated heterocycles. The van der Waals surface area contributed by atoms with Gasteiger partial charge in [0.05, 0.1) is 11.1 Å². The molecule has 1 atom stereocenters. The second kappa shape index (κ2) is 17.4. The van der Waals surface area contributed by atoms with Crippen LogP contribution in [-0.2, 0) is 20.9 Å². The molecule has 0 saturated carbocycles. The average Bonchev–Trinajstić information content (AvgIpc) is 3.39. The van der Waals surface area contributed by atoms with E-state index in [2.05, 4.69) is 30.7 Å². The molecule has 2 aromatic rings. The standard InChI is InChI=1S/C38H51N7O6/c1-39-25-27-6-4-7-33(32(27)26-46)40-14-2-3-22-51-23-5-15-42-16-12-28(13-17-42)43-18-20-44(21-19-43)29-8-9-30-31(24-29)38(50)45(37(30)49)34-10-11-35(47)41-36(34)48/h4,6-9,24,26,28,34,39-40H,2-3,5,10-23,25H2,1H3,(H,41,47,48). The smallest absolute Gasteiger partial charge is 0.262 e. The van der Waals surface area contributed by atoms with E-state index in [1.54, 1.807) is 12.1 Å². The number of hydrogen-bond acceptors (Lipinski definition) is 11. The van der Waals surface area contributed by atoms with Crippen LogP contribution < -0.4 is 20.9 Å². The number of ether oxygens (including phenoxy) is 1. The van der Waals surface area contributed by atoms with Crippen molar-refractivity contribution < 1.29 is 28.7 Å². The summed E-state index contributed by atoms with van der Waals surface area (Å²) < 4.78 is 5.92. The predicted molar refractivity (Wildman–Crippen MR) is 194 cm³/mol. The van der Waals surface area contributed by atoms with E-state index in [9.17, 15) is 24.0 Å². The van der Waals surface area contributed by atoms with Crippen molar-refractivity contribution in [3.63, 3.8) is 0 Å². The maximum Gasteiger partial charge on any atom is 0.262 e. The number of piperazine rings is 1. The van der Waals surface area contributed by atoms with Gasteiger partial charge in [-0.3, -0.25) is 39.1 Å². The normalized spacial score (nSPS) is 20.5. The number of unbranched alkanes of at least 4 members (excludes halogenated alkanes) is 1. The molecule has 6 rings (SSSR count). The number of imide groups is 2. The zero-order valence-corrected chi connectivity index (χ0v) is 29.7. The average molecular weight is 702 g/mol. The minimum atomic E-state index is -0.954. The highest BCUT2D eigenvalue weighted by Crippen LogP contribution is 2.31. The van der Waals surface area contributed by atoms with Crippen LogP contribution in [0.15, 0.2) is 36.4 Å². The minimum absolute atomic E-state index is 0.105. The number of carbonyl (C=O) groups is 5. The van der Waals surface area contributed by atoms with Gasteiger partial charge in [-0.15, -0.1) is 0 Å². The summed E-state index contributed by atoms with van der Waals surface area (Å²) in [5, 5.41) is 8.76. The Balaban J connectivity index is 0.844. The number of rotatable bonds is 16. The fourth-order valence-corrected chi connectivity index (χ4v) is 7.80. The van der Waals surface area contributed by atoms with Gasteiger partial charge in [-0.1, -0.05) is 12.1 Å². The van der Waals surface area contributed by atoms with Crippen LogP contribution >= 0.6 is 0 Å². The molecule has 4 aliphatic rings. The van der Waals surface area contributed by atoms with Crippen LogP contribution in [-0.4, -0.2) is 129 Å². The lowest BCUT2D eigenvalue weighted by Gasteiger charge is -2.43. The number of nitrogens with zero attached hydrogens (tertiary/aromatic N) is 4. The zero-order valence-electron chi connectivity index (χ0n) is 29.7. The highest BCUT2D eigenvalue weighted by molar-refractivity contribution is 6.23. The number of hydrogen-bond donors (Lipinski definition) is 3. The fraction of sp³-hybridized carbons (Fsp3) is 0.553. The van der Waals surface area contributed by atoms with Crippen LogP contribution in [0.25, 0.3) is 0 Å². The van der Waals surface area contributed by atoms with Crippen molar-refractivity contribution in [1.29, 1.82) is 0 Å². The lowest BCUT2D eigenvalue weighted by Crippen LogP contribution is -2.54. The molecule has 0 bridgehead atoms.